The molecule has 0 aromatic heterocycles. The van der Waals surface area contributed by atoms with Crippen LogP contribution in [0.5, 0.6) is 0 Å². The van der Waals surface area contributed by atoms with E-state index in [-0.39, 0.29) is 0 Å². The van der Waals surface area contributed by atoms with Crippen molar-refractivity contribution in [3.8, 4) is 0 Å². The Kier molecular flexibility index (Phi) is 3.80. The number of rotatable bonds is 2. The van der Waals surface area contributed by atoms with Crippen molar-refractivity contribution < 1.29 is 45.1 Å². The molecule has 0 spiro atoms. The standard InChI is InChI=1S/C5ClF7O3/c6-2(15)16-1(14)3(7,8)4(9,10)5(11,12)13. The van der Waals surface area contributed by atoms with Gasteiger partial charge in [0.05, 0.1) is 0 Å². The van der Waals surface area contributed by atoms with Gasteiger partial charge in [0.2, 0.25) is 0 Å². The number of carbonyl (C=O) groups excluding carboxylic acids is 2. The zero-order chi connectivity index (χ0) is 13.4. The van der Waals surface area contributed by atoms with E-state index in [0.717, 1.165) is 0 Å². The third-order valence-electron chi connectivity index (χ3n) is 1.18. The van der Waals surface area contributed by atoms with E-state index in [4.69, 9.17) is 0 Å². The van der Waals surface area contributed by atoms with E-state index in [0.29, 0.717) is 0 Å². The smallest absolute Gasteiger partial charge is 0.376 e. The van der Waals surface area contributed by atoms with Gasteiger partial charge in [-0.3, -0.25) is 0 Å². The average Bonchev–Trinajstić information content (AvgIpc) is 2.00. The van der Waals surface area contributed by atoms with Crippen LogP contribution in [0.1, 0.15) is 0 Å². The highest BCUT2D eigenvalue weighted by atomic mass is 35.5. The maximum absolute atomic E-state index is 12.3. The van der Waals surface area contributed by atoms with Crippen LogP contribution in [0.3, 0.4) is 0 Å². The van der Waals surface area contributed by atoms with Crippen molar-refractivity contribution in [3.63, 3.8) is 0 Å². The summed E-state index contributed by atoms with van der Waals surface area (Å²) in [5.74, 6) is -16.3. The molecule has 0 aliphatic rings. The first-order chi connectivity index (χ1) is 6.84. The number of halogens is 8. The second kappa shape index (κ2) is 4.07. The number of hydrogen-bond acceptors (Lipinski definition) is 3. The van der Waals surface area contributed by atoms with Crippen molar-refractivity contribution in [2.45, 2.75) is 18.0 Å². The highest BCUT2D eigenvalue weighted by Crippen LogP contribution is 2.46. The molecule has 0 unspecified atom stereocenters. The lowest BCUT2D eigenvalue weighted by Gasteiger charge is -2.25. The van der Waals surface area contributed by atoms with Gasteiger partial charge in [-0.1, -0.05) is 0 Å². The molecule has 94 valence electrons. The van der Waals surface area contributed by atoms with E-state index in [1.165, 1.54) is 0 Å². The molecule has 0 saturated carbocycles. The van der Waals surface area contributed by atoms with Gasteiger partial charge >= 0.3 is 29.4 Å². The molecular weight excluding hydrogens is 276 g/mol. The molecule has 0 radical (unpaired) electrons. The quantitative estimate of drug-likeness (QED) is 0.337. The van der Waals surface area contributed by atoms with Gasteiger partial charge in [0, 0.05) is 11.6 Å². The molecule has 0 N–H and O–H groups in total. The van der Waals surface area contributed by atoms with Crippen LogP contribution in [0.25, 0.3) is 0 Å². The lowest BCUT2D eigenvalue weighted by atomic mass is 10.1. The minimum atomic E-state index is -6.69. The third-order valence-corrected chi connectivity index (χ3v) is 1.26. The van der Waals surface area contributed by atoms with Crippen molar-refractivity contribution in [1.29, 1.82) is 0 Å². The Hall–Kier alpha value is -1.06. The van der Waals surface area contributed by atoms with Gasteiger partial charge in [-0.25, -0.2) is 9.59 Å². The topological polar surface area (TPSA) is 43.4 Å². The first kappa shape index (κ1) is 14.9. The van der Waals surface area contributed by atoms with Crippen molar-refractivity contribution >= 4 is 23.0 Å². The summed E-state index contributed by atoms with van der Waals surface area (Å²) >= 11 is 4.20. The fraction of sp³-hybridized carbons (Fsp3) is 0.600. The summed E-state index contributed by atoms with van der Waals surface area (Å²) in [6, 6.07) is 0. The molecule has 0 fully saturated rings. The van der Waals surface area contributed by atoms with Crippen LogP contribution >= 0.6 is 11.6 Å². The minimum absolute atomic E-state index is 2.26. The van der Waals surface area contributed by atoms with E-state index >= 15 is 0 Å². The van der Waals surface area contributed by atoms with Crippen LogP contribution in [-0.4, -0.2) is 29.4 Å². The van der Waals surface area contributed by atoms with Crippen LogP contribution in [0, 0.1) is 0 Å². The van der Waals surface area contributed by atoms with E-state index in [9.17, 15) is 40.3 Å². The Labute approximate surface area is 87.1 Å². The summed E-state index contributed by atoms with van der Waals surface area (Å²) in [6.45, 7) is 0. The highest BCUT2D eigenvalue weighted by Gasteiger charge is 2.77. The largest absolute Gasteiger partial charge is 0.460 e. The predicted octanol–water partition coefficient (Wildman–Crippen LogP) is 2.72. The molecule has 0 aliphatic heterocycles. The van der Waals surface area contributed by atoms with Gasteiger partial charge in [-0.05, 0) is 0 Å². The van der Waals surface area contributed by atoms with Crippen LogP contribution in [-0.2, 0) is 9.53 Å². The summed E-state index contributed by atoms with van der Waals surface area (Å²) in [5, 5.41) is 0. The second-order valence-corrected chi connectivity index (χ2v) is 2.58. The number of ether oxygens (including phenoxy) is 1. The molecule has 0 atom stereocenters. The Morgan fingerprint density at radius 1 is 0.938 bits per heavy atom. The van der Waals surface area contributed by atoms with Crippen molar-refractivity contribution in [2.24, 2.45) is 0 Å². The van der Waals surface area contributed by atoms with Crippen LogP contribution in [0.4, 0.5) is 35.5 Å². The molecular formula is C5ClF7O3. The molecule has 0 aromatic carbocycles. The zero-order valence-corrected chi connectivity index (χ0v) is 7.50. The molecule has 0 rings (SSSR count). The second-order valence-electron chi connectivity index (χ2n) is 2.27. The van der Waals surface area contributed by atoms with Gasteiger partial charge in [0.25, 0.3) is 0 Å². The van der Waals surface area contributed by atoms with Crippen LogP contribution in [0.2, 0.25) is 0 Å². The van der Waals surface area contributed by atoms with Gasteiger partial charge in [-0.15, -0.1) is 0 Å². The molecule has 0 heterocycles. The summed E-state index contributed by atoms with van der Waals surface area (Å²) in [6.07, 6.45) is -6.69. The first-order valence-electron chi connectivity index (χ1n) is 3.08. The normalized spacial score (nSPS) is 13.5. The summed E-state index contributed by atoms with van der Waals surface area (Å²) in [4.78, 5) is 19.9. The van der Waals surface area contributed by atoms with Crippen LogP contribution in [0.15, 0.2) is 0 Å². The Balaban J connectivity index is 5.19. The number of alkyl halides is 7. The van der Waals surface area contributed by atoms with Crippen molar-refractivity contribution in [3.05, 3.63) is 0 Å². The zero-order valence-electron chi connectivity index (χ0n) is 6.75. The maximum atomic E-state index is 12.3. The molecule has 0 saturated heterocycles. The van der Waals surface area contributed by atoms with Crippen LogP contribution < -0.4 is 0 Å². The monoisotopic (exact) mass is 276 g/mol. The molecule has 11 heteroatoms. The molecule has 3 nitrogen and oxygen atoms in total. The molecule has 16 heavy (non-hydrogen) atoms. The first-order valence-corrected chi connectivity index (χ1v) is 3.46. The molecule has 0 bridgehead atoms. The molecule has 0 amide bonds. The Morgan fingerprint density at radius 2 is 1.31 bits per heavy atom. The molecule has 0 aliphatic carbocycles. The molecule has 0 aromatic rings. The Bertz CT molecular complexity index is 310. The fourth-order valence-corrected chi connectivity index (χ4v) is 0.513. The third kappa shape index (κ3) is 2.54. The summed E-state index contributed by atoms with van der Waals surface area (Å²) < 4.78 is 85.9. The SMILES string of the molecule is O=C(Cl)OC(=O)C(F)(F)C(F)(F)C(F)(F)F. The van der Waals surface area contributed by atoms with E-state index < -0.39 is 29.4 Å². The Morgan fingerprint density at radius 3 is 1.56 bits per heavy atom. The van der Waals surface area contributed by atoms with Gasteiger partial charge in [0.15, 0.2) is 0 Å². The highest BCUT2D eigenvalue weighted by molar-refractivity contribution is 6.61. The van der Waals surface area contributed by atoms with Gasteiger partial charge in [-0.2, -0.15) is 30.7 Å². The number of esters is 1. The minimum Gasteiger partial charge on any atom is -0.376 e. The van der Waals surface area contributed by atoms with Gasteiger partial charge in [0.1, 0.15) is 0 Å². The van der Waals surface area contributed by atoms with Crippen molar-refractivity contribution in [1.82, 2.24) is 0 Å². The van der Waals surface area contributed by atoms with E-state index in [1.54, 1.807) is 0 Å². The van der Waals surface area contributed by atoms with E-state index in [2.05, 4.69) is 16.3 Å². The lowest BCUT2D eigenvalue weighted by molar-refractivity contribution is -0.347. The predicted molar refractivity (Wildman–Crippen MR) is 33.3 cm³/mol. The number of carbonyl (C=O) groups is 2. The van der Waals surface area contributed by atoms with Crippen molar-refractivity contribution in [2.75, 3.05) is 0 Å². The average molecular weight is 276 g/mol. The fourth-order valence-electron chi connectivity index (χ4n) is 0.443. The summed E-state index contributed by atoms with van der Waals surface area (Å²) in [7, 11) is 0. The van der Waals surface area contributed by atoms with Gasteiger partial charge < -0.3 is 4.74 Å². The maximum Gasteiger partial charge on any atom is 0.460 e. The lowest BCUT2D eigenvalue weighted by Crippen LogP contribution is -2.56. The van der Waals surface area contributed by atoms with E-state index in [1.807, 2.05) is 0 Å². The number of hydrogen-bond donors (Lipinski definition) is 0. The summed E-state index contributed by atoms with van der Waals surface area (Å²) in [5.41, 5.74) is -2.26.